The summed E-state index contributed by atoms with van der Waals surface area (Å²) in [6.07, 6.45) is 0.734. The molecule has 0 aliphatic rings. The number of nitrogens with zero attached hydrogens (tertiary/aromatic N) is 1. The molecule has 0 bridgehead atoms. The van der Waals surface area contributed by atoms with Crippen LogP contribution in [0.15, 0.2) is 53.9 Å². The van der Waals surface area contributed by atoms with Crippen LogP contribution in [0.25, 0.3) is 11.3 Å². The highest BCUT2D eigenvalue weighted by Crippen LogP contribution is 2.23. The molecule has 2 amide bonds. The lowest BCUT2D eigenvalue weighted by Gasteiger charge is -2.09. The van der Waals surface area contributed by atoms with Crippen molar-refractivity contribution in [2.45, 2.75) is 12.8 Å². The van der Waals surface area contributed by atoms with Crippen molar-refractivity contribution in [2.24, 2.45) is 0 Å². The Kier molecular flexibility index (Phi) is 5.93. The molecule has 0 fully saturated rings. The van der Waals surface area contributed by atoms with E-state index in [1.54, 1.807) is 43.4 Å². The van der Waals surface area contributed by atoms with E-state index in [1.807, 2.05) is 5.38 Å². The zero-order valence-electron chi connectivity index (χ0n) is 14.7. The molecule has 1 aromatic heterocycles. The lowest BCUT2D eigenvalue weighted by Crippen LogP contribution is -2.21. The highest BCUT2D eigenvalue weighted by atomic mass is 32.1. The van der Waals surface area contributed by atoms with Gasteiger partial charge in [-0.25, -0.2) is 9.37 Å². The Morgan fingerprint density at radius 2 is 1.85 bits per heavy atom. The summed E-state index contributed by atoms with van der Waals surface area (Å²) >= 11 is 1.46. The molecule has 0 aliphatic heterocycles. The monoisotopic (exact) mass is 383 g/mol. The van der Waals surface area contributed by atoms with E-state index in [2.05, 4.69) is 15.6 Å². The summed E-state index contributed by atoms with van der Waals surface area (Å²) in [4.78, 5) is 28.6. The fourth-order valence-electron chi connectivity index (χ4n) is 2.54. The smallest absolute Gasteiger partial charge is 0.253 e. The van der Waals surface area contributed by atoms with E-state index in [9.17, 15) is 14.0 Å². The van der Waals surface area contributed by atoms with Gasteiger partial charge in [0.1, 0.15) is 5.82 Å². The topological polar surface area (TPSA) is 71.1 Å². The number of thiazole rings is 1. The van der Waals surface area contributed by atoms with Gasteiger partial charge < -0.3 is 10.6 Å². The van der Waals surface area contributed by atoms with E-state index in [0.717, 1.165) is 16.3 Å². The van der Waals surface area contributed by atoms with Crippen molar-refractivity contribution in [3.05, 3.63) is 70.3 Å². The summed E-state index contributed by atoms with van der Waals surface area (Å²) < 4.78 is 13.0. The molecular weight excluding hydrogens is 365 g/mol. The lowest BCUT2D eigenvalue weighted by molar-refractivity contribution is -0.116. The average molecular weight is 383 g/mol. The first-order valence-corrected chi connectivity index (χ1v) is 9.26. The van der Waals surface area contributed by atoms with Crippen LogP contribution in [-0.2, 0) is 11.2 Å². The van der Waals surface area contributed by atoms with Gasteiger partial charge >= 0.3 is 0 Å². The molecule has 0 saturated carbocycles. The van der Waals surface area contributed by atoms with Gasteiger partial charge in [-0.1, -0.05) is 12.1 Å². The van der Waals surface area contributed by atoms with Crippen LogP contribution in [0.1, 0.15) is 21.8 Å². The van der Waals surface area contributed by atoms with Crippen LogP contribution in [-0.4, -0.2) is 23.8 Å². The number of halogens is 1. The molecule has 0 saturated heterocycles. The number of carbonyl (C=O) groups is 2. The second-order valence-corrected chi connectivity index (χ2v) is 6.75. The molecule has 2 aromatic carbocycles. The normalized spacial score (nSPS) is 10.4. The molecule has 27 heavy (non-hydrogen) atoms. The summed E-state index contributed by atoms with van der Waals surface area (Å²) in [5, 5.41) is 8.04. The van der Waals surface area contributed by atoms with E-state index in [0.29, 0.717) is 17.7 Å². The molecule has 3 aromatic rings. The van der Waals surface area contributed by atoms with Crippen LogP contribution in [0, 0.1) is 5.82 Å². The van der Waals surface area contributed by atoms with Crippen molar-refractivity contribution in [3.8, 4) is 11.3 Å². The number of para-hydroxylation sites is 1. The van der Waals surface area contributed by atoms with Gasteiger partial charge in [-0.2, -0.15) is 0 Å². The SMILES string of the molecule is CNC(=O)c1ccccc1NC(=O)CCc1nc(-c2ccc(F)cc2)cs1. The number of anilines is 1. The van der Waals surface area contributed by atoms with Crippen LogP contribution in [0.2, 0.25) is 0 Å². The Bertz CT molecular complexity index is 954. The van der Waals surface area contributed by atoms with Crippen LogP contribution >= 0.6 is 11.3 Å². The Morgan fingerprint density at radius 3 is 2.59 bits per heavy atom. The Hall–Kier alpha value is -3.06. The standard InChI is InChI=1S/C20H18FN3O2S/c1-22-20(26)15-4-2-3-5-16(15)23-18(25)10-11-19-24-17(12-27-19)13-6-8-14(21)9-7-13/h2-9,12H,10-11H2,1H3,(H,22,26)(H,23,25). The van der Waals surface area contributed by atoms with Crippen LogP contribution in [0.3, 0.4) is 0 Å². The maximum Gasteiger partial charge on any atom is 0.253 e. The fraction of sp³-hybridized carbons (Fsp3) is 0.150. The molecule has 3 rings (SSSR count). The van der Waals surface area contributed by atoms with Crippen molar-refractivity contribution in [1.82, 2.24) is 10.3 Å². The van der Waals surface area contributed by atoms with Crippen LogP contribution in [0.4, 0.5) is 10.1 Å². The lowest BCUT2D eigenvalue weighted by atomic mass is 10.1. The Labute approximate surface area is 160 Å². The number of carbonyl (C=O) groups excluding carboxylic acids is 2. The molecule has 0 radical (unpaired) electrons. The van der Waals surface area contributed by atoms with Gasteiger partial charge in [-0.15, -0.1) is 11.3 Å². The molecule has 0 atom stereocenters. The number of nitrogens with one attached hydrogen (secondary N) is 2. The quantitative estimate of drug-likeness (QED) is 0.679. The maximum absolute atomic E-state index is 13.0. The minimum Gasteiger partial charge on any atom is -0.355 e. The number of amides is 2. The van der Waals surface area contributed by atoms with Crippen LogP contribution in [0.5, 0.6) is 0 Å². The third-order valence-corrected chi connectivity index (χ3v) is 4.84. The molecule has 0 spiro atoms. The first-order chi connectivity index (χ1) is 13.1. The third kappa shape index (κ3) is 4.77. The number of aryl methyl sites for hydroxylation is 1. The first-order valence-electron chi connectivity index (χ1n) is 8.38. The molecule has 1 heterocycles. The second-order valence-electron chi connectivity index (χ2n) is 5.81. The van der Waals surface area contributed by atoms with E-state index >= 15 is 0 Å². The van der Waals surface area contributed by atoms with Crippen molar-refractivity contribution in [3.63, 3.8) is 0 Å². The van der Waals surface area contributed by atoms with Gasteiger partial charge in [0.25, 0.3) is 5.91 Å². The van der Waals surface area contributed by atoms with Crippen molar-refractivity contribution < 1.29 is 14.0 Å². The minimum atomic E-state index is -0.289. The van der Waals surface area contributed by atoms with Crippen molar-refractivity contribution >= 4 is 28.8 Å². The van der Waals surface area contributed by atoms with Gasteiger partial charge in [0, 0.05) is 30.8 Å². The van der Waals surface area contributed by atoms with Crippen LogP contribution < -0.4 is 10.6 Å². The van der Waals surface area contributed by atoms with Crippen molar-refractivity contribution in [2.75, 3.05) is 12.4 Å². The third-order valence-electron chi connectivity index (χ3n) is 3.93. The summed E-state index contributed by atoms with van der Waals surface area (Å²) in [6.45, 7) is 0. The molecule has 5 nitrogen and oxygen atoms in total. The highest BCUT2D eigenvalue weighted by molar-refractivity contribution is 7.09. The summed E-state index contributed by atoms with van der Waals surface area (Å²) in [5.41, 5.74) is 2.50. The zero-order chi connectivity index (χ0) is 19.2. The summed E-state index contributed by atoms with van der Waals surface area (Å²) in [6, 6.07) is 13.0. The molecule has 0 aliphatic carbocycles. The average Bonchev–Trinajstić information content (AvgIpc) is 3.16. The predicted octanol–water partition coefficient (Wildman–Crippen LogP) is 3.88. The number of hydrogen-bond donors (Lipinski definition) is 2. The zero-order valence-corrected chi connectivity index (χ0v) is 15.5. The summed E-state index contributed by atoms with van der Waals surface area (Å²) in [5.74, 6) is -0.734. The van der Waals surface area contributed by atoms with Gasteiger partial charge in [0.2, 0.25) is 5.91 Å². The number of aromatic nitrogens is 1. The number of benzene rings is 2. The Morgan fingerprint density at radius 1 is 1.11 bits per heavy atom. The first kappa shape index (κ1) is 18.7. The number of rotatable bonds is 6. The molecular formula is C20H18FN3O2S. The fourth-order valence-corrected chi connectivity index (χ4v) is 3.34. The molecule has 2 N–H and O–H groups in total. The van der Waals surface area contributed by atoms with E-state index in [1.165, 1.54) is 23.5 Å². The molecule has 7 heteroatoms. The minimum absolute atomic E-state index is 0.190. The van der Waals surface area contributed by atoms with Crippen molar-refractivity contribution in [1.29, 1.82) is 0 Å². The highest BCUT2D eigenvalue weighted by Gasteiger charge is 2.12. The number of hydrogen-bond acceptors (Lipinski definition) is 4. The second kappa shape index (κ2) is 8.55. The van der Waals surface area contributed by atoms with E-state index < -0.39 is 0 Å². The largest absolute Gasteiger partial charge is 0.355 e. The van der Waals surface area contributed by atoms with Gasteiger partial charge in [-0.3, -0.25) is 9.59 Å². The van der Waals surface area contributed by atoms with Gasteiger partial charge in [0.15, 0.2) is 0 Å². The molecule has 138 valence electrons. The van der Waals surface area contributed by atoms with Gasteiger partial charge in [0.05, 0.1) is 22.0 Å². The van der Waals surface area contributed by atoms with E-state index in [4.69, 9.17) is 0 Å². The predicted molar refractivity (Wildman–Crippen MR) is 104 cm³/mol. The summed E-state index contributed by atoms with van der Waals surface area (Å²) in [7, 11) is 1.54. The maximum atomic E-state index is 13.0. The van der Waals surface area contributed by atoms with Gasteiger partial charge in [-0.05, 0) is 36.4 Å². The molecule has 0 unspecified atom stereocenters. The Balaban J connectivity index is 1.60. The van der Waals surface area contributed by atoms with E-state index in [-0.39, 0.29) is 24.1 Å².